The first-order valence-corrected chi connectivity index (χ1v) is 7.44. The maximum Gasteiger partial charge on any atom is 0.319 e. The Balaban J connectivity index is 2.05. The van der Waals surface area contributed by atoms with Crippen LogP contribution in [0.5, 0.6) is 0 Å². The van der Waals surface area contributed by atoms with Crippen molar-refractivity contribution in [3.8, 4) is 0 Å². The van der Waals surface area contributed by atoms with Crippen molar-refractivity contribution in [2.75, 3.05) is 0 Å². The molecule has 0 heterocycles. The number of benzene rings is 1. The summed E-state index contributed by atoms with van der Waals surface area (Å²) in [7, 11) is -3.80. The highest BCUT2D eigenvalue weighted by Gasteiger charge is 2.56. The Morgan fingerprint density at radius 2 is 2.00 bits per heavy atom. The molecule has 20 heavy (non-hydrogen) atoms. The van der Waals surface area contributed by atoms with Gasteiger partial charge in [0.05, 0.1) is 4.90 Å². The number of carbonyl (C=O) groups is 2. The van der Waals surface area contributed by atoms with Crippen LogP contribution in [0.1, 0.15) is 18.4 Å². The van der Waals surface area contributed by atoms with Crippen molar-refractivity contribution in [3.05, 3.63) is 29.8 Å². The monoisotopic (exact) mass is 298 g/mol. The first-order valence-electron chi connectivity index (χ1n) is 5.89. The lowest BCUT2D eigenvalue weighted by Gasteiger charge is -2.11. The molecule has 1 amide bonds. The molecule has 0 spiro atoms. The number of aliphatic carboxylic acids is 1. The molecule has 1 aliphatic carbocycles. The fourth-order valence-electron chi connectivity index (χ4n) is 1.85. The number of nitrogens with two attached hydrogens (primary N) is 1. The van der Waals surface area contributed by atoms with Crippen molar-refractivity contribution in [2.24, 2.45) is 10.6 Å². The Kier molecular flexibility index (Phi) is 3.53. The van der Waals surface area contributed by atoms with E-state index in [0.29, 0.717) is 18.4 Å². The van der Waals surface area contributed by atoms with Crippen LogP contribution in [0.15, 0.2) is 29.2 Å². The molecule has 1 aliphatic rings. The second-order valence-electron chi connectivity index (χ2n) is 4.76. The number of rotatable bonds is 5. The molecule has 1 aromatic carbocycles. The van der Waals surface area contributed by atoms with E-state index in [1.807, 2.05) is 0 Å². The predicted octanol–water partition coefficient (Wildman–Crippen LogP) is -0.185. The van der Waals surface area contributed by atoms with Gasteiger partial charge in [0.1, 0.15) is 5.41 Å². The van der Waals surface area contributed by atoms with Crippen molar-refractivity contribution in [1.82, 2.24) is 5.32 Å². The number of sulfonamides is 1. The zero-order chi connectivity index (χ0) is 15.0. The average Bonchev–Trinajstić information content (AvgIpc) is 3.16. The fourth-order valence-corrected chi connectivity index (χ4v) is 2.43. The lowest BCUT2D eigenvalue weighted by atomic mass is 10.1. The summed E-state index contributed by atoms with van der Waals surface area (Å²) in [5.74, 6) is -1.68. The van der Waals surface area contributed by atoms with Crippen molar-refractivity contribution >= 4 is 21.9 Å². The van der Waals surface area contributed by atoms with Crippen molar-refractivity contribution in [3.63, 3.8) is 0 Å². The van der Waals surface area contributed by atoms with E-state index in [0.717, 1.165) is 0 Å². The summed E-state index contributed by atoms with van der Waals surface area (Å²) >= 11 is 0. The standard InChI is InChI=1S/C12H14N2O5S/c13-20(18,19)9-3-1-2-8(6-9)7-14-10(15)12(4-5-12)11(16)17/h1-3,6H,4-5,7H2,(H,14,15)(H,16,17)(H2,13,18,19). The largest absolute Gasteiger partial charge is 0.480 e. The summed E-state index contributed by atoms with van der Waals surface area (Å²) in [4.78, 5) is 22.7. The van der Waals surface area contributed by atoms with Gasteiger partial charge in [-0.2, -0.15) is 0 Å². The maximum absolute atomic E-state index is 11.8. The van der Waals surface area contributed by atoms with Crippen LogP contribution in [0.25, 0.3) is 0 Å². The molecule has 1 saturated carbocycles. The minimum atomic E-state index is -3.80. The third kappa shape index (κ3) is 2.81. The van der Waals surface area contributed by atoms with Crippen LogP contribution in [0.2, 0.25) is 0 Å². The molecular formula is C12H14N2O5S. The smallest absolute Gasteiger partial charge is 0.319 e. The van der Waals surface area contributed by atoms with Crippen LogP contribution in [0.3, 0.4) is 0 Å². The van der Waals surface area contributed by atoms with Crippen LogP contribution in [0, 0.1) is 5.41 Å². The first-order chi connectivity index (χ1) is 9.25. The van der Waals surface area contributed by atoms with Crippen LogP contribution >= 0.6 is 0 Å². The van der Waals surface area contributed by atoms with Crippen LogP contribution in [-0.4, -0.2) is 25.4 Å². The molecule has 0 saturated heterocycles. The molecule has 0 unspecified atom stereocenters. The highest BCUT2D eigenvalue weighted by molar-refractivity contribution is 7.89. The van der Waals surface area contributed by atoms with E-state index in [1.54, 1.807) is 6.07 Å². The van der Waals surface area contributed by atoms with E-state index in [4.69, 9.17) is 10.2 Å². The highest BCUT2D eigenvalue weighted by atomic mass is 32.2. The number of carbonyl (C=O) groups excluding carboxylic acids is 1. The van der Waals surface area contributed by atoms with E-state index in [-0.39, 0.29) is 11.4 Å². The van der Waals surface area contributed by atoms with Gasteiger partial charge in [-0.1, -0.05) is 12.1 Å². The second kappa shape index (κ2) is 4.88. The van der Waals surface area contributed by atoms with Gasteiger partial charge in [0, 0.05) is 6.54 Å². The molecule has 0 radical (unpaired) electrons. The lowest BCUT2D eigenvalue weighted by Crippen LogP contribution is -2.36. The van der Waals surface area contributed by atoms with Gasteiger partial charge in [-0.3, -0.25) is 9.59 Å². The van der Waals surface area contributed by atoms with Gasteiger partial charge in [0.25, 0.3) is 0 Å². The number of carboxylic acids is 1. The van der Waals surface area contributed by atoms with E-state index in [2.05, 4.69) is 5.32 Å². The molecule has 1 fully saturated rings. The molecule has 2 rings (SSSR count). The predicted molar refractivity (Wildman–Crippen MR) is 69.0 cm³/mol. The normalized spacial score (nSPS) is 16.4. The van der Waals surface area contributed by atoms with E-state index in [1.165, 1.54) is 18.2 Å². The SMILES string of the molecule is NS(=O)(=O)c1cccc(CNC(=O)C2(C(=O)O)CC2)c1. The van der Waals surface area contributed by atoms with Gasteiger partial charge in [-0.25, -0.2) is 13.6 Å². The minimum Gasteiger partial charge on any atom is -0.480 e. The Labute approximate surface area is 115 Å². The second-order valence-corrected chi connectivity index (χ2v) is 6.32. The summed E-state index contributed by atoms with van der Waals surface area (Å²) in [6, 6.07) is 5.82. The summed E-state index contributed by atoms with van der Waals surface area (Å²) in [6.07, 6.45) is 0.650. The molecule has 4 N–H and O–H groups in total. The molecule has 0 bridgehead atoms. The van der Waals surface area contributed by atoms with E-state index >= 15 is 0 Å². The Bertz CT molecular complexity index is 664. The molecule has 7 nitrogen and oxygen atoms in total. The van der Waals surface area contributed by atoms with Gasteiger partial charge < -0.3 is 10.4 Å². The summed E-state index contributed by atoms with van der Waals surface area (Å²) in [5, 5.41) is 16.5. The first kappa shape index (κ1) is 14.5. The molecule has 8 heteroatoms. The van der Waals surface area contributed by atoms with Crippen molar-refractivity contribution in [2.45, 2.75) is 24.3 Å². The molecular weight excluding hydrogens is 284 g/mol. The molecule has 0 atom stereocenters. The van der Waals surface area contributed by atoms with Gasteiger partial charge in [-0.15, -0.1) is 0 Å². The Hall–Kier alpha value is -1.93. The number of carboxylic acid groups (broad SMARTS) is 1. The number of hydrogen-bond donors (Lipinski definition) is 3. The Morgan fingerprint density at radius 3 is 2.50 bits per heavy atom. The van der Waals surface area contributed by atoms with Crippen LogP contribution in [0.4, 0.5) is 0 Å². The van der Waals surface area contributed by atoms with E-state index < -0.39 is 27.3 Å². The maximum atomic E-state index is 11.8. The highest BCUT2D eigenvalue weighted by Crippen LogP contribution is 2.46. The lowest BCUT2D eigenvalue weighted by molar-refractivity contribution is -0.149. The van der Waals surface area contributed by atoms with Crippen molar-refractivity contribution < 1.29 is 23.1 Å². The van der Waals surface area contributed by atoms with Crippen LogP contribution in [-0.2, 0) is 26.2 Å². The minimum absolute atomic E-state index is 0.0522. The average molecular weight is 298 g/mol. The van der Waals surface area contributed by atoms with Gasteiger partial charge in [0.2, 0.25) is 15.9 Å². The third-order valence-corrected chi connectivity index (χ3v) is 4.19. The quantitative estimate of drug-likeness (QED) is 0.650. The zero-order valence-electron chi connectivity index (χ0n) is 10.5. The van der Waals surface area contributed by atoms with E-state index in [9.17, 15) is 18.0 Å². The molecule has 0 aliphatic heterocycles. The summed E-state index contributed by atoms with van der Waals surface area (Å²) < 4.78 is 22.4. The van der Waals surface area contributed by atoms with Crippen molar-refractivity contribution in [1.29, 1.82) is 0 Å². The summed E-state index contributed by atoms with van der Waals surface area (Å²) in [5.41, 5.74) is -0.775. The molecule has 108 valence electrons. The number of hydrogen-bond acceptors (Lipinski definition) is 4. The van der Waals surface area contributed by atoms with Crippen LogP contribution < -0.4 is 10.5 Å². The third-order valence-electron chi connectivity index (χ3n) is 3.27. The number of primary sulfonamides is 1. The van der Waals surface area contributed by atoms with Gasteiger partial charge >= 0.3 is 5.97 Å². The Morgan fingerprint density at radius 1 is 1.35 bits per heavy atom. The number of amides is 1. The summed E-state index contributed by atoms with van der Waals surface area (Å²) in [6.45, 7) is 0.0528. The molecule has 1 aromatic rings. The molecule has 0 aromatic heterocycles. The van der Waals surface area contributed by atoms with Gasteiger partial charge in [-0.05, 0) is 30.5 Å². The van der Waals surface area contributed by atoms with Gasteiger partial charge in [0.15, 0.2) is 0 Å². The fraction of sp³-hybridized carbons (Fsp3) is 0.333. The zero-order valence-corrected chi connectivity index (χ0v) is 11.3. The number of nitrogens with one attached hydrogen (secondary N) is 1. The topological polar surface area (TPSA) is 127 Å².